The van der Waals surface area contributed by atoms with Gasteiger partial charge in [-0.3, -0.25) is 0 Å². The number of benzene rings is 1. The summed E-state index contributed by atoms with van der Waals surface area (Å²) in [6.07, 6.45) is 0.652. The first-order valence-corrected chi connectivity index (χ1v) is 7.85. The highest BCUT2D eigenvalue weighted by Gasteiger charge is 2.13. The summed E-state index contributed by atoms with van der Waals surface area (Å²) in [5.74, 6) is 3.91. The van der Waals surface area contributed by atoms with Crippen LogP contribution in [0.2, 0.25) is 0 Å². The van der Waals surface area contributed by atoms with E-state index >= 15 is 0 Å². The van der Waals surface area contributed by atoms with Gasteiger partial charge in [0, 0.05) is 18.2 Å². The van der Waals surface area contributed by atoms with Crippen LogP contribution in [0.1, 0.15) is 34.3 Å². The minimum absolute atomic E-state index is 0.652. The average Bonchev–Trinajstić information content (AvgIpc) is 2.89. The van der Waals surface area contributed by atoms with Gasteiger partial charge in [-0.1, -0.05) is 12.1 Å². The first-order chi connectivity index (χ1) is 11.5. The van der Waals surface area contributed by atoms with Crippen LogP contribution in [0.25, 0.3) is 5.82 Å². The summed E-state index contributed by atoms with van der Waals surface area (Å²) in [5.41, 5.74) is 3.14. The van der Waals surface area contributed by atoms with Gasteiger partial charge in [0.2, 0.25) is 0 Å². The number of aromatic nitrogens is 5. The summed E-state index contributed by atoms with van der Waals surface area (Å²) in [6.45, 7) is 7.75. The van der Waals surface area contributed by atoms with Crippen LogP contribution in [-0.4, -0.2) is 31.8 Å². The van der Waals surface area contributed by atoms with Gasteiger partial charge in [0.1, 0.15) is 23.2 Å². The molecular formula is C18H21N5O. The molecule has 0 unspecified atom stereocenters. The third kappa shape index (κ3) is 3.27. The number of rotatable bonds is 4. The smallest absolute Gasteiger partial charge is 0.159 e. The highest BCUT2D eigenvalue weighted by atomic mass is 16.5. The van der Waals surface area contributed by atoms with Crippen molar-refractivity contribution in [3.63, 3.8) is 0 Å². The highest BCUT2D eigenvalue weighted by Crippen LogP contribution is 2.21. The van der Waals surface area contributed by atoms with Crippen LogP contribution >= 0.6 is 0 Å². The van der Waals surface area contributed by atoms with Crippen molar-refractivity contribution in [3.05, 3.63) is 58.6 Å². The van der Waals surface area contributed by atoms with Crippen molar-refractivity contribution in [2.24, 2.45) is 0 Å². The third-order valence-corrected chi connectivity index (χ3v) is 3.78. The summed E-state index contributed by atoms with van der Waals surface area (Å²) in [5, 5.41) is 4.50. The Bertz CT molecular complexity index is 865. The Hall–Kier alpha value is -2.76. The third-order valence-electron chi connectivity index (χ3n) is 3.78. The number of methoxy groups -OCH3 is 1. The molecule has 0 aliphatic carbocycles. The summed E-state index contributed by atoms with van der Waals surface area (Å²) in [7, 11) is 1.69. The van der Waals surface area contributed by atoms with Crippen molar-refractivity contribution in [3.8, 4) is 11.6 Å². The lowest BCUT2D eigenvalue weighted by Gasteiger charge is -2.09. The number of ether oxygens (including phenoxy) is 1. The Morgan fingerprint density at radius 1 is 0.958 bits per heavy atom. The molecule has 0 N–H and O–H groups in total. The summed E-state index contributed by atoms with van der Waals surface area (Å²) in [4.78, 5) is 13.4. The molecule has 0 atom stereocenters. The molecule has 6 nitrogen and oxygen atoms in total. The molecule has 0 saturated heterocycles. The van der Waals surface area contributed by atoms with E-state index in [1.807, 2.05) is 39.8 Å². The molecule has 0 aliphatic heterocycles. The first kappa shape index (κ1) is 16.1. The van der Waals surface area contributed by atoms with Gasteiger partial charge in [0.15, 0.2) is 5.82 Å². The van der Waals surface area contributed by atoms with Crippen LogP contribution in [0.15, 0.2) is 24.3 Å². The molecule has 3 rings (SSSR count). The van der Waals surface area contributed by atoms with E-state index in [9.17, 15) is 0 Å². The highest BCUT2D eigenvalue weighted by molar-refractivity contribution is 5.38. The molecule has 0 fully saturated rings. The topological polar surface area (TPSA) is 65.7 Å². The lowest BCUT2D eigenvalue weighted by Crippen LogP contribution is -2.08. The maximum atomic E-state index is 5.41. The summed E-state index contributed by atoms with van der Waals surface area (Å²) in [6, 6.07) is 8.10. The maximum absolute atomic E-state index is 5.41. The van der Waals surface area contributed by atoms with Crippen LogP contribution in [-0.2, 0) is 6.42 Å². The second kappa shape index (κ2) is 6.39. The fourth-order valence-corrected chi connectivity index (χ4v) is 2.72. The van der Waals surface area contributed by atoms with Crippen LogP contribution in [0, 0.1) is 27.7 Å². The molecule has 0 spiro atoms. The molecule has 0 amide bonds. The summed E-state index contributed by atoms with van der Waals surface area (Å²) >= 11 is 0. The van der Waals surface area contributed by atoms with Gasteiger partial charge in [0.05, 0.1) is 7.11 Å². The Morgan fingerprint density at radius 2 is 1.75 bits per heavy atom. The van der Waals surface area contributed by atoms with Gasteiger partial charge >= 0.3 is 0 Å². The van der Waals surface area contributed by atoms with Crippen molar-refractivity contribution in [1.82, 2.24) is 24.7 Å². The monoisotopic (exact) mass is 323 g/mol. The van der Waals surface area contributed by atoms with Gasteiger partial charge in [0.25, 0.3) is 0 Å². The van der Waals surface area contributed by atoms with Crippen molar-refractivity contribution >= 4 is 0 Å². The molecule has 2 heterocycles. The van der Waals surface area contributed by atoms with E-state index in [1.54, 1.807) is 11.8 Å². The molecule has 3 aromatic rings. The molecule has 2 aromatic heterocycles. The molecule has 6 heteroatoms. The van der Waals surface area contributed by atoms with E-state index in [4.69, 9.17) is 4.74 Å². The molecule has 0 aliphatic rings. The zero-order valence-electron chi connectivity index (χ0n) is 14.7. The van der Waals surface area contributed by atoms with E-state index in [1.165, 1.54) is 0 Å². The van der Waals surface area contributed by atoms with Crippen molar-refractivity contribution in [2.75, 3.05) is 7.11 Å². The normalized spacial score (nSPS) is 10.9. The van der Waals surface area contributed by atoms with Crippen molar-refractivity contribution < 1.29 is 4.74 Å². The molecular weight excluding hydrogens is 302 g/mol. The van der Waals surface area contributed by atoms with Crippen LogP contribution < -0.4 is 4.74 Å². The van der Waals surface area contributed by atoms with Gasteiger partial charge in [-0.25, -0.2) is 15.0 Å². The fourth-order valence-electron chi connectivity index (χ4n) is 2.72. The Morgan fingerprint density at radius 3 is 2.46 bits per heavy atom. The zero-order chi connectivity index (χ0) is 17.3. The van der Waals surface area contributed by atoms with E-state index in [0.717, 1.165) is 45.9 Å². The minimum atomic E-state index is 0.652. The first-order valence-electron chi connectivity index (χ1n) is 7.85. The number of hydrogen-bond acceptors (Lipinski definition) is 5. The predicted molar refractivity (Wildman–Crippen MR) is 91.7 cm³/mol. The maximum Gasteiger partial charge on any atom is 0.159 e. The standard InChI is InChI=1S/C18H21N5O/c1-11-6-7-15(9-16(11)24-5)10-18-21-14(4)22-23(18)17-8-12(2)19-13(3)20-17/h6-9H,10H2,1-5H3. The van der Waals surface area contributed by atoms with Crippen LogP contribution in [0.5, 0.6) is 5.75 Å². The number of nitrogens with zero attached hydrogens (tertiary/aromatic N) is 5. The lowest BCUT2D eigenvalue weighted by atomic mass is 10.1. The number of aryl methyl sites for hydroxylation is 4. The van der Waals surface area contributed by atoms with Gasteiger partial charge in [-0.15, -0.1) is 5.10 Å². The quantitative estimate of drug-likeness (QED) is 0.738. The Labute approximate surface area is 141 Å². The largest absolute Gasteiger partial charge is 0.496 e. The second-order valence-electron chi connectivity index (χ2n) is 5.88. The Kier molecular flexibility index (Phi) is 4.29. The van der Waals surface area contributed by atoms with E-state index < -0.39 is 0 Å². The molecule has 0 radical (unpaired) electrons. The van der Waals surface area contributed by atoms with E-state index in [-0.39, 0.29) is 0 Å². The van der Waals surface area contributed by atoms with E-state index in [0.29, 0.717) is 6.42 Å². The molecule has 1 aromatic carbocycles. The van der Waals surface area contributed by atoms with Gasteiger partial charge in [-0.05, 0) is 44.9 Å². The van der Waals surface area contributed by atoms with Gasteiger partial charge < -0.3 is 4.74 Å². The van der Waals surface area contributed by atoms with E-state index in [2.05, 4.69) is 32.2 Å². The fraction of sp³-hybridized carbons (Fsp3) is 0.333. The van der Waals surface area contributed by atoms with Gasteiger partial charge in [-0.2, -0.15) is 4.68 Å². The molecule has 0 saturated carbocycles. The summed E-state index contributed by atoms with van der Waals surface area (Å²) < 4.78 is 7.21. The predicted octanol–water partition coefficient (Wildman–Crippen LogP) is 2.89. The molecule has 0 bridgehead atoms. The second-order valence-corrected chi connectivity index (χ2v) is 5.88. The molecule has 24 heavy (non-hydrogen) atoms. The SMILES string of the molecule is COc1cc(Cc2nc(C)nn2-c2cc(C)nc(C)n2)ccc1C. The minimum Gasteiger partial charge on any atom is -0.496 e. The average molecular weight is 323 g/mol. The van der Waals surface area contributed by atoms with Crippen LogP contribution in [0.3, 0.4) is 0 Å². The zero-order valence-corrected chi connectivity index (χ0v) is 14.7. The van der Waals surface area contributed by atoms with Crippen molar-refractivity contribution in [2.45, 2.75) is 34.1 Å². The lowest BCUT2D eigenvalue weighted by molar-refractivity contribution is 0.411. The van der Waals surface area contributed by atoms with Crippen molar-refractivity contribution in [1.29, 1.82) is 0 Å². The number of hydrogen-bond donors (Lipinski definition) is 0. The van der Waals surface area contributed by atoms with Crippen LogP contribution in [0.4, 0.5) is 0 Å². The Balaban J connectivity index is 2.00. The molecule has 124 valence electrons.